The van der Waals surface area contributed by atoms with Gasteiger partial charge in [-0.2, -0.15) is 0 Å². The number of rotatable bonds is 7. The number of hydrogen-bond donors (Lipinski definition) is 2. The van der Waals surface area contributed by atoms with Crippen LogP contribution in [0.4, 0.5) is 5.69 Å². The standard InChI is InChI=1S/C23H21ClN2O3/c1-16(17-8-7-9-18(24)14-17)25-22(27)15-29-21-13-6-5-12-20(21)23(28)26-19-10-3-2-4-11-19/h2-14,16H,15H2,1H3,(H,25,27)(H,26,28)/t16-/m0/s1. The number of carbonyl (C=O) groups is 2. The molecule has 5 nitrogen and oxygen atoms in total. The minimum absolute atomic E-state index is 0.208. The molecule has 6 heteroatoms. The Balaban J connectivity index is 1.60. The molecule has 3 aromatic carbocycles. The predicted octanol–water partition coefficient (Wildman–Crippen LogP) is 4.85. The third kappa shape index (κ3) is 5.83. The van der Waals surface area contributed by atoms with Gasteiger partial charge in [0.15, 0.2) is 6.61 Å². The molecule has 0 saturated carbocycles. The van der Waals surface area contributed by atoms with Crippen LogP contribution in [0.15, 0.2) is 78.9 Å². The van der Waals surface area contributed by atoms with Crippen LogP contribution in [0.2, 0.25) is 5.02 Å². The number of benzene rings is 3. The smallest absolute Gasteiger partial charge is 0.259 e. The highest BCUT2D eigenvalue weighted by Gasteiger charge is 2.15. The fourth-order valence-corrected chi connectivity index (χ4v) is 2.98. The molecule has 0 bridgehead atoms. The van der Waals surface area contributed by atoms with Crippen LogP contribution in [-0.4, -0.2) is 18.4 Å². The van der Waals surface area contributed by atoms with E-state index >= 15 is 0 Å². The molecule has 0 radical (unpaired) electrons. The van der Waals surface area contributed by atoms with E-state index in [0.29, 0.717) is 22.0 Å². The van der Waals surface area contributed by atoms with E-state index in [1.807, 2.05) is 37.3 Å². The highest BCUT2D eigenvalue weighted by atomic mass is 35.5. The lowest BCUT2D eigenvalue weighted by Gasteiger charge is -2.16. The fraction of sp³-hybridized carbons (Fsp3) is 0.130. The Bertz CT molecular complexity index is 992. The van der Waals surface area contributed by atoms with Crippen molar-refractivity contribution in [2.45, 2.75) is 13.0 Å². The molecule has 0 aliphatic heterocycles. The molecule has 2 amide bonds. The molecule has 3 rings (SSSR count). The van der Waals surface area contributed by atoms with Gasteiger partial charge in [-0.3, -0.25) is 9.59 Å². The summed E-state index contributed by atoms with van der Waals surface area (Å²) in [6, 6.07) is 23.0. The lowest BCUT2D eigenvalue weighted by Crippen LogP contribution is -2.31. The van der Waals surface area contributed by atoms with E-state index in [-0.39, 0.29) is 24.5 Å². The summed E-state index contributed by atoms with van der Waals surface area (Å²) >= 11 is 6.00. The summed E-state index contributed by atoms with van der Waals surface area (Å²) < 4.78 is 5.62. The molecule has 0 aromatic heterocycles. The first-order valence-electron chi connectivity index (χ1n) is 9.16. The first-order chi connectivity index (χ1) is 14.0. The Hall–Kier alpha value is -3.31. The van der Waals surface area contributed by atoms with Crippen LogP contribution in [0.25, 0.3) is 0 Å². The average Bonchev–Trinajstić information content (AvgIpc) is 2.73. The zero-order valence-corrected chi connectivity index (χ0v) is 16.6. The first kappa shape index (κ1) is 20.4. The highest BCUT2D eigenvalue weighted by molar-refractivity contribution is 6.30. The maximum atomic E-state index is 12.6. The molecule has 148 valence electrons. The topological polar surface area (TPSA) is 67.4 Å². The van der Waals surface area contributed by atoms with Gasteiger partial charge in [0.05, 0.1) is 11.6 Å². The number of para-hydroxylation sites is 2. The van der Waals surface area contributed by atoms with Crippen molar-refractivity contribution in [3.8, 4) is 5.75 Å². The van der Waals surface area contributed by atoms with Crippen LogP contribution in [0.5, 0.6) is 5.75 Å². The van der Waals surface area contributed by atoms with Crippen LogP contribution >= 0.6 is 11.6 Å². The summed E-state index contributed by atoms with van der Waals surface area (Å²) in [6.07, 6.45) is 0. The highest BCUT2D eigenvalue weighted by Crippen LogP contribution is 2.20. The van der Waals surface area contributed by atoms with Gasteiger partial charge in [-0.15, -0.1) is 0 Å². The Morgan fingerprint density at radius 3 is 2.45 bits per heavy atom. The first-order valence-corrected chi connectivity index (χ1v) is 9.54. The summed E-state index contributed by atoms with van der Waals surface area (Å²) in [7, 11) is 0. The van der Waals surface area contributed by atoms with Crippen LogP contribution in [0.1, 0.15) is 28.9 Å². The van der Waals surface area contributed by atoms with Crippen molar-refractivity contribution < 1.29 is 14.3 Å². The van der Waals surface area contributed by atoms with Crippen molar-refractivity contribution in [2.24, 2.45) is 0 Å². The van der Waals surface area contributed by atoms with Gasteiger partial charge in [0, 0.05) is 10.7 Å². The molecule has 1 atom stereocenters. The van der Waals surface area contributed by atoms with E-state index < -0.39 is 0 Å². The number of hydrogen-bond acceptors (Lipinski definition) is 3. The number of halogens is 1. The van der Waals surface area contributed by atoms with Gasteiger partial charge in [-0.25, -0.2) is 0 Å². The lowest BCUT2D eigenvalue weighted by atomic mass is 10.1. The van der Waals surface area contributed by atoms with Gasteiger partial charge in [0.2, 0.25) is 0 Å². The van der Waals surface area contributed by atoms with E-state index in [1.54, 1.807) is 48.5 Å². The molecular weight excluding hydrogens is 388 g/mol. The Morgan fingerprint density at radius 1 is 0.966 bits per heavy atom. The summed E-state index contributed by atoms with van der Waals surface area (Å²) in [6.45, 7) is 1.66. The lowest BCUT2D eigenvalue weighted by molar-refractivity contribution is -0.123. The van der Waals surface area contributed by atoms with Crippen molar-refractivity contribution in [1.29, 1.82) is 0 Å². The van der Waals surface area contributed by atoms with Crippen molar-refractivity contribution in [1.82, 2.24) is 5.32 Å². The molecule has 0 fully saturated rings. The van der Waals surface area contributed by atoms with Crippen LogP contribution < -0.4 is 15.4 Å². The van der Waals surface area contributed by atoms with Crippen molar-refractivity contribution >= 4 is 29.1 Å². The van der Waals surface area contributed by atoms with Crippen LogP contribution in [-0.2, 0) is 4.79 Å². The Kier molecular flexibility index (Phi) is 6.87. The third-order valence-electron chi connectivity index (χ3n) is 4.25. The molecule has 0 unspecified atom stereocenters. The van der Waals surface area contributed by atoms with E-state index in [9.17, 15) is 9.59 Å². The zero-order valence-electron chi connectivity index (χ0n) is 15.9. The number of anilines is 1. The van der Waals surface area contributed by atoms with Gasteiger partial charge >= 0.3 is 0 Å². The van der Waals surface area contributed by atoms with Crippen molar-refractivity contribution in [2.75, 3.05) is 11.9 Å². The Labute approximate surface area is 174 Å². The predicted molar refractivity (Wildman–Crippen MR) is 114 cm³/mol. The largest absolute Gasteiger partial charge is 0.483 e. The van der Waals surface area contributed by atoms with Gasteiger partial charge in [-0.05, 0) is 48.9 Å². The number of amides is 2. The summed E-state index contributed by atoms with van der Waals surface area (Å²) in [5.41, 5.74) is 1.93. The minimum atomic E-state index is -0.306. The van der Waals surface area contributed by atoms with Gasteiger partial charge in [-0.1, -0.05) is 54.1 Å². The molecule has 0 spiro atoms. The molecule has 29 heavy (non-hydrogen) atoms. The number of carbonyl (C=O) groups excluding carboxylic acids is 2. The molecular formula is C23H21ClN2O3. The van der Waals surface area contributed by atoms with Crippen LogP contribution in [0.3, 0.4) is 0 Å². The quantitative estimate of drug-likeness (QED) is 0.587. The second-order valence-corrected chi connectivity index (χ2v) is 6.89. The molecule has 0 aliphatic carbocycles. The van der Waals surface area contributed by atoms with Crippen molar-refractivity contribution in [3.05, 3.63) is 95.0 Å². The maximum absolute atomic E-state index is 12.6. The van der Waals surface area contributed by atoms with Gasteiger partial charge in [0.1, 0.15) is 5.75 Å². The normalized spacial score (nSPS) is 11.4. The van der Waals surface area contributed by atoms with E-state index in [2.05, 4.69) is 10.6 Å². The van der Waals surface area contributed by atoms with Crippen LogP contribution in [0, 0.1) is 0 Å². The van der Waals surface area contributed by atoms with E-state index in [0.717, 1.165) is 5.56 Å². The SMILES string of the molecule is C[C@H](NC(=O)COc1ccccc1C(=O)Nc1ccccc1)c1cccc(Cl)c1. The second-order valence-electron chi connectivity index (χ2n) is 6.45. The summed E-state index contributed by atoms with van der Waals surface area (Å²) in [4.78, 5) is 24.9. The average molecular weight is 409 g/mol. The maximum Gasteiger partial charge on any atom is 0.259 e. The molecule has 3 aromatic rings. The van der Waals surface area contributed by atoms with Gasteiger partial charge < -0.3 is 15.4 Å². The third-order valence-corrected chi connectivity index (χ3v) is 4.48. The van der Waals surface area contributed by atoms with Crippen molar-refractivity contribution in [3.63, 3.8) is 0 Å². The summed E-state index contributed by atoms with van der Waals surface area (Å²) in [5.74, 6) is -0.262. The zero-order chi connectivity index (χ0) is 20.6. The number of nitrogens with one attached hydrogen (secondary N) is 2. The molecule has 0 saturated heterocycles. The fourth-order valence-electron chi connectivity index (χ4n) is 2.79. The van der Waals surface area contributed by atoms with Gasteiger partial charge in [0.25, 0.3) is 11.8 Å². The monoisotopic (exact) mass is 408 g/mol. The van der Waals surface area contributed by atoms with E-state index in [4.69, 9.17) is 16.3 Å². The molecule has 2 N–H and O–H groups in total. The number of ether oxygens (including phenoxy) is 1. The summed E-state index contributed by atoms with van der Waals surface area (Å²) in [5, 5.41) is 6.28. The van der Waals surface area contributed by atoms with E-state index in [1.165, 1.54) is 0 Å². The minimum Gasteiger partial charge on any atom is -0.483 e. The molecule has 0 heterocycles. The molecule has 0 aliphatic rings. The Morgan fingerprint density at radius 2 is 1.69 bits per heavy atom. The second kappa shape index (κ2) is 9.75.